The highest BCUT2D eigenvalue weighted by Gasteiger charge is 2.21. The first kappa shape index (κ1) is 15.7. The number of hydrogen-bond donors (Lipinski definition) is 1. The fourth-order valence-corrected chi connectivity index (χ4v) is 3.73. The number of anilines is 2. The van der Waals surface area contributed by atoms with Gasteiger partial charge in [-0.1, -0.05) is 5.57 Å². The van der Waals surface area contributed by atoms with E-state index in [-0.39, 0.29) is 0 Å². The van der Waals surface area contributed by atoms with Crippen LogP contribution in [0.2, 0.25) is 0 Å². The molecule has 0 saturated carbocycles. The zero-order chi connectivity index (χ0) is 17.2. The summed E-state index contributed by atoms with van der Waals surface area (Å²) in [7, 11) is 0. The maximum atomic E-state index is 5.65. The highest BCUT2D eigenvalue weighted by Crippen LogP contribution is 2.32. The Labute approximate surface area is 150 Å². The monoisotopic (exact) mass is 350 g/mol. The van der Waals surface area contributed by atoms with Gasteiger partial charge in [0.2, 0.25) is 0 Å². The maximum Gasteiger partial charge on any atom is 0.186 e. The minimum absolute atomic E-state index is 0.440. The Balaban J connectivity index is 1.59. The van der Waals surface area contributed by atoms with E-state index in [4.69, 9.17) is 10.7 Å². The molecule has 6 nitrogen and oxygen atoms in total. The van der Waals surface area contributed by atoms with Gasteiger partial charge in [-0.3, -0.25) is 9.97 Å². The minimum atomic E-state index is 0.440. The second-order valence-electron chi connectivity index (χ2n) is 6.01. The van der Waals surface area contributed by atoms with Gasteiger partial charge in [-0.25, -0.2) is 9.97 Å². The molecule has 4 rings (SSSR count). The Morgan fingerprint density at radius 3 is 2.84 bits per heavy atom. The van der Waals surface area contributed by atoms with Crippen molar-refractivity contribution >= 4 is 27.9 Å². The van der Waals surface area contributed by atoms with E-state index in [2.05, 4.69) is 32.2 Å². The summed E-state index contributed by atoms with van der Waals surface area (Å²) in [5, 5.41) is 3.10. The van der Waals surface area contributed by atoms with E-state index in [0.29, 0.717) is 5.82 Å². The largest absolute Gasteiger partial charge is 0.382 e. The van der Waals surface area contributed by atoms with E-state index in [1.807, 2.05) is 18.3 Å². The number of thiazole rings is 1. The average Bonchev–Trinajstić information content (AvgIpc) is 3.14. The topological polar surface area (TPSA) is 80.8 Å². The number of aromatic nitrogens is 4. The predicted octanol–water partition coefficient (Wildman–Crippen LogP) is 3.26. The SMILES string of the molecule is CC1=C(c2cnc(N)cn2)CN(c2nc(-c3cccnc3)cs2)CC1. The number of nitrogen functional groups attached to an aromatic ring is 1. The van der Waals surface area contributed by atoms with Gasteiger partial charge in [-0.2, -0.15) is 0 Å². The lowest BCUT2D eigenvalue weighted by Crippen LogP contribution is -2.31. The van der Waals surface area contributed by atoms with Crippen molar-refractivity contribution in [2.75, 3.05) is 23.7 Å². The molecule has 0 atom stereocenters. The van der Waals surface area contributed by atoms with Crippen molar-refractivity contribution in [3.05, 3.63) is 53.6 Å². The first-order valence-corrected chi connectivity index (χ1v) is 8.96. The van der Waals surface area contributed by atoms with E-state index in [9.17, 15) is 0 Å². The molecule has 0 bridgehead atoms. The molecule has 0 unspecified atom stereocenters. The minimum Gasteiger partial charge on any atom is -0.382 e. The summed E-state index contributed by atoms with van der Waals surface area (Å²) in [4.78, 5) is 19.9. The summed E-state index contributed by atoms with van der Waals surface area (Å²) in [5.41, 5.74) is 11.1. The van der Waals surface area contributed by atoms with Crippen molar-refractivity contribution in [3.8, 4) is 11.3 Å². The Hall–Kier alpha value is -2.80. The molecule has 0 saturated heterocycles. The third-order valence-corrected chi connectivity index (χ3v) is 5.22. The van der Waals surface area contributed by atoms with Crippen LogP contribution in [0, 0.1) is 0 Å². The van der Waals surface area contributed by atoms with Gasteiger partial charge in [-0.15, -0.1) is 11.3 Å². The van der Waals surface area contributed by atoms with Crippen LogP contribution in [0.15, 0.2) is 47.9 Å². The molecular formula is C18H18N6S. The van der Waals surface area contributed by atoms with Gasteiger partial charge >= 0.3 is 0 Å². The van der Waals surface area contributed by atoms with Crippen LogP contribution in [0.5, 0.6) is 0 Å². The van der Waals surface area contributed by atoms with E-state index >= 15 is 0 Å². The molecule has 0 fully saturated rings. The molecule has 25 heavy (non-hydrogen) atoms. The molecule has 126 valence electrons. The van der Waals surface area contributed by atoms with Crippen LogP contribution in [-0.4, -0.2) is 33.0 Å². The Morgan fingerprint density at radius 2 is 2.08 bits per heavy atom. The molecule has 0 radical (unpaired) electrons. The van der Waals surface area contributed by atoms with Gasteiger partial charge < -0.3 is 10.6 Å². The van der Waals surface area contributed by atoms with E-state index in [1.165, 1.54) is 11.1 Å². The molecule has 0 aromatic carbocycles. The maximum absolute atomic E-state index is 5.65. The fourth-order valence-electron chi connectivity index (χ4n) is 2.87. The summed E-state index contributed by atoms with van der Waals surface area (Å²) >= 11 is 1.66. The van der Waals surface area contributed by atoms with Crippen LogP contribution in [-0.2, 0) is 0 Å². The van der Waals surface area contributed by atoms with Gasteiger partial charge in [0.1, 0.15) is 5.82 Å². The van der Waals surface area contributed by atoms with Crippen LogP contribution >= 0.6 is 11.3 Å². The van der Waals surface area contributed by atoms with Crippen molar-refractivity contribution in [1.82, 2.24) is 19.9 Å². The van der Waals surface area contributed by atoms with Gasteiger partial charge in [0.05, 0.1) is 23.8 Å². The van der Waals surface area contributed by atoms with Crippen molar-refractivity contribution < 1.29 is 0 Å². The van der Waals surface area contributed by atoms with Gasteiger partial charge in [-0.05, 0) is 31.1 Å². The smallest absolute Gasteiger partial charge is 0.186 e. The number of nitrogens with two attached hydrogens (primary N) is 1. The summed E-state index contributed by atoms with van der Waals surface area (Å²) < 4.78 is 0. The Morgan fingerprint density at radius 1 is 1.16 bits per heavy atom. The average molecular weight is 350 g/mol. The fraction of sp³-hybridized carbons (Fsp3) is 0.222. The first-order chi connectivity index (χ1) is 12.2. The summed E-state index contributed by atoms with van der Waals surface area (Å²) in [6, 6.07) is 3.96. The van der Waals surface area contributed by atoms with E-state index in [0.717, 1.165) is 41.6 Å². The molecule has 3 aromatic heterocycles. The Kier molecular flexibility index (Phi) is 4.15. The lowest BCUT2D eigenvalue weighted by molar-refractivity contribution is 0.793. The molecule has 7 heteroatoms. The molecule has 0 spiro atoms. The number of hydrogen-bond acceptors (Lipinski definition) is 7. The number of rotatable bonds is 3. The van der Waals surface area contributed by atoms with Gasteiger partial charge in [0, 0.05) is 36.4 Å². The van der Waals surface area contributed by atoms with Crippen LogP contribution in [0.3, 0.4) is 0 Å². The second-order valence-corrected chi connectivity index (χ2v) is 6.85. The van der Waals surface area contributed by atoms with E-state index < -0.39 is 0 Å². The van der Waals surface area contributed by atoms with Crippen LogP contribution < -0.4 is 10.6 Å². The molecule has 1 aliphatic rings. The molecule has 2 N–H and O–H groups in total. The lowest BCUT2D eigenvalue weighted by Gasteiger charge is -2.29. The van der Waals surface area contributed by atoms with Crippen LogP contribution in [0.25, 0.3) is 16.8 Å². The van der Waals surface area contributed by atoms with Crippen molar-refractivity contribution in [3.63, 3.8) is 0 Å². The third kappa shape index (κ3) is 3.23. The van der Waals surface area contributed by atoms with Crippen LogP contribution in [0.1, 0.15) is 19.0 Å². The predicted molar refractivity (Wildman–Crippen MR) is 101 cm³/mol. The highest BCUT2D eigenvalue weighted by atomic mass is 32.1. The van der Waals surface area contributed by atoms with E-state index in [1.54, 1.807) is 29.9 Å². The normalized spacial score (nSPS) is 14.8. The van der Waals surface area contributed by atoms with Crippen molar-refractivity contribution in [1.29, 1.82) is 0 Å². The standard InChI is InChI=1S/C18H18N6S/c1-12-4-6-24(10-14(12)15-8-22-17(19)9-21-15)18-23-16(11-25-18)13-3-2-5-20-7-13/h2-3,5,7-9,11H,4,6,10H2,1H3,(H2,19,22). The quantitative estimate of drug-likeness (QED) is 0.781. The highest BCUT2D eigenvalue weighted by molar-refractivity contribution is 7.14. The third-order valence-electron chi connectivity index (χ3n) is 4.32. The molecule has 4 heterocycles. The van der Waals surface area contributed by atoms with Gasteiger partial charge in [0.25, 0.3) is 0 Å². The molecule has 3 aromatic rings. The van der Waals surface area contributed by atoms with Crippen molar-refractivity contribution in [2.24, 2.45) is 0 Å². The van der Waals surface area contributed by atoms with Gasteiger partial charge in [0.15, 0.2) is 5.13 Å². The number of nitrogens with zero attached hydrogens (tertiary/aromatic N) is 5. The number of pyridine rings is 1. The molecule has 0 aliphatic carbocycles. The first-order valence-electron chi connectivity index (χ1n) is 8.08. The molecule has 0 amide bonds. The lowest BCUT2D eigenvalue weighted by atomic mass is 9.99. The Bertz CT molecular complexity index is 901. The summed E-state index contributed by atoms with van der Waals surface area (Å²) in [6.07, 6.45) is 7.96. The van der Waals surface area contributed by atoms with Crippen molar-refractivity contribution in [2.45, 2.75) is 13.3 Å². The zero-order valence-corrected chi connectivity index (χ0v) is 14.7. The zero-order valence-electron chi connectivity index (χ0n) is 13.9. The second kappa shape index (κ2) is 6.60. The molecular weight excluding hydrogens is 332 g/mol. The van der Waals surface area contributed by atoms with Crippen LogP contribution in [0.4, 0.5) is 10.9 Å². The molecule has 1 aliphatic heterocycles. The summed E-state index contributed by atoms with van der Waals surface area (Å²) in [6.45, 7) is 3.90. The summed E-state index contributed by atoms with van der Waals surface area (Å²) in [5.74, 6) is 0.440.